The molecule has 1 aromatic rings. The second-order valence-corrected chi connectivity index (χ2v) is 4.28. The lowest BCUT2D eigenvalue weighted by atomic mass is 10.1. The van der Waals surface area contributed by atoms with E-state index in [0.717, 1.165) is 5.69 Å². The summed E-state index contributed by atoms with van der Waals surface area (Å²) in [6.45, 7) is 5.46. The Labute approximate surface area is 101 Å². The maximum atomic E-state index is 11.9. The topological polar surface area (TPSA) is 93.2 Å². The maximum Gasteiger partial charge on any atom is 0.255 e. The minimum Gasteiger partial charge on any atom is -0.392 e. The van der Waals surface area contributed by atoms with Crippen LogP contribution in [0.2, 0.25) is 0 Å². The van der Waals surface area contributed by atoms with Gasteiger partial charge in [0.15, 0.2) is 0 Å². The van der Waals surface area contributed by atoms with E-state index in [9.17, 15) is 9.90 Å². The molecule has 0 bridgehead atoms. The number of rotatable bonds is 4. The van der Waals surface area contributed by atoms with Crippen LogP contribution in [0.5, 0.6) is 0 Å². The van der Waals surface area contributed by atoms with Gasteiger partial charge < -0.3 is 16.2 Å². The van der Waals surface area contributed by atoms with Crippen molar-refractivity contribution in [1.82, 2.24) is 15.1 Å². The number of hydrogen-bond donors (Lipinski definition) is 3. The van der Waals surface area contributed by atoms with Gasteiger partial charge in [0.1, 0.15) is 0 Å². The molecule has 0 aliphatic heterocycles. The van der Waals surface area contributed by atoms with E-state index in [0.29, 0.717) is 11.3 Å². The zero-order valence-corrected chi connectivity index (χ0v) is 10.7. The first kappa shape index (κ1) is 13.7. The molecule has 96 valence electrons. The normalized spacial score (nSPS) is 14.5. The van der Waals surface area contributed by atoms with Gasteiger partial charge in [-0.25, -0.2) is 0 Å². The highest BCUT2D eigenvalue weighted by Gasteiger charge is 2.18. The Morgan fingerprint density at radius 3 is 2.59 bits per heavy atom. The molecule has 0 aromatic carbocycles. The van der Waals surface area contributed by atoms with Gasteiger partial charge in [0, 0.05) is 25.3 Å². The van der Waals surface area contributed by atoms with Crippen LogP contribution in [0.25, 0.3) is 0 Å². The Hall–Kier alpha value is -1.40. The summed E-state index contributed by atoms with van der Waals surface area (Å²) >= 11 is 0. The molecule has 1 aromatic heterocycles. The van der Waals surface area contributed by atoms with Gasteiger partial charge in [-0.1, -0.05) is 0 Å². The lowest BCUT2D eigenvalue weighted by molar-refractivity contribution is 0.0936. The van der Waals surface area contributed by atoms with Crippen LogP contribution in [0.4, 0.5) is 0 Å². The number of aromatic nitrogens is 2. The number of aliphatic hydroxyl groups is 1. The lowest BCUT2D eigenvalue weighted by Gasteiger charge is -2.15. The van der Waals surface area contributed by atoms with Crippen LogP contribution in [-0.4, -0.2) is 39.5 Å². The van der Waals surface area contributed by atoms with E-state index < -0.39 is 12.1 Å². The molecule has 0 aliphatic rings. The smallest absolute Gasteiger partial charge is 0.255 e. The highest BCUT2D eigenvalue weighted by molar-refractivity contribution is 5.96. The molecule has 1 heterocycles. The summed E-state index contributed by atoms with van der Waals surface area (Å²) in [4.78, 5) is 11.9. The van der Waals surface area contributed by atoms with Gasteiger partial charge in [-0.3, -0.25) is 9.48 Å². The van der Waals surface area contributed by atoms with Gasteiger partial charge in [0.2, 0.25) is 0 Å². The molecule has 17 heavy (non-hydrogen) atoms. The van der Waals surface area contributed by atoms with E-state index in [1.54, 1.807) is 25.6 Å². The zero-order chi connectivity index (χ0) is 13.2. The molecular formula is C11H20N4O2. The largest absolute Gasteiger partial charge is 0.392 e. The number of carbonyl (C=O) groups excluding carboxylic acids is 1. The van der Waals surface area contributed by atoms with Gasteiger partial charge in [-0.2, -0.15) is 5.10 Å². The number of nitrogens with zero attached hydrogens (tertiary/aromatic N) is 2. The zero-order valence-electron chi connectivity index (χ0n) is 10.7. The molecule has 0 aliphatic carbocycles. The van der Waals surface area contributed by atoms with Crippen molar-refractivity contribution in [1.29, 1.82) is 0 Å². The number of hydrogen-bond acceptors (Lipinski definition) is 4. The Morgan fingerprint density at radius 2 is 2.18 bits per heavy atom. The highest BCUT2D eigenvalue weighted by Crippen LogP contribution is 2.11. The summed E-state index contributed by atoms with van der Waals surface area (Å²) < 4.78 is 1.67. The first-order valence-corrected chi connectivity index (χ1v) is 5.56. The van der Waals surface area contributed by atoms with Crippen molar-refractivity contribution in [3.05, 3.63) is 17.0 Å². The third-order valence-corrected chi connectivity index (χ3v) is 2.85. The summed E-state index contributed by atoms with van der Waals surface area (Å²) in [6, 6.07) is -0.462. The van der Waals surface area contributed by atoms with E-state index in [-0.39, 0.29) is 12.5 Å². The maximum absolute atomic E-state index is 11.9. The standard InChI is InChI=1S/C11H20N4O2/c1-6-10(7(2)15(4)14-6)11(17)13-5-9(12)8(3)16/h8-9,16H,5,12H2,1-4H3,(H,13,17). The van der Waals surface area contributed by atoms with Gasteiger partial charge >= 0.3 is 0 Å². The van der Waals surface area contributed by atoms with Crippen LogP contribution in [-0.2, 0) is 7.05 Å². The molecule has 1 rings (SSSR count). The summed E-state index contributed by atoms with van der Waals surface area (Å²) in [5, 5.41) is 16.1. The molecule has 2 unspecified atom stereocenters. The van der Waals surface area contributed by atoms with Crippen LogP contribution >= 0.6 is 0 Å². The Kier molecular flexibility index (Phi) is 4.25. The van der Waals surface area contributed by atoms with Gasteiger partial charge in [-0.05, 0) is 20.8 Å². The second kappa shape index (κ2) is 5.29. The Bertz CT molecular complexity index is 412. The van der Waals surface area contributed by atoms with Crippen LogP contribution in [0.3, 0.4) is 0 Å². The van der Waals surface area contributed by atoms with E-state index in [1.165, 1.54) is 0 Å². The molecular weight excluding hydrogens is 220 g/mol. The third kappa shape index (κ3) is 3.04. The summed E-state index contributed by atoms with van der Waals surface area (Å²) in [7, 11) is 1.79. The quantitative estimate of drug-likeness (QED) is 0.660. The van der Waals surface area contributed by atoms with E-state index >= 15 is 0 Å². The average Bonchev–Trinajstić information content (AvgIpc) is 2.49. The van der Waals surface area contributed by atoms with Crippen molar-refractivity contribution in [2.75, 3.05) is 6.54 Å². The van der Waals surface area contributed by atoms with E-state index in [4.69, 9.17) is 5.73 Å². The molecule has 2 atom stereocenters. The van der Waals surface area contributed by atoms with Crippen molar-refractivity contribution in [3.8, 4) is 0 Å². The molecule has 4 N–H and O–H groups in total. The molecule has 0 fully saturated rings. The van der Waals surface area contributed by atoms with Crippen LogP contribution in [0.15, 0.2) is 0 Å². The summed E-state index contributed by atoms with van der Waals surface area (Å²) in [6.07, 6.45) is -0.647. The fraction of sp³-hybridized carbons (Fsp3) is 0.636. The highest BCUT2D eigenvalue weighted by atomic mass is 16.3. The van der Waals surface area contributed by atoms with Crippen LogP contribution in [0.1, 0.15) is 28.7 Å². The molecule has 6 heteroatoms. The SMILES string of the molecule is Cc1nn(C)c(C)c1C(=O)NCC(N)C(C)O. The minimum absolute atomic E-state index is 0.204. The first-order valence-electron chi connectivity index (χ1n) is 5.56. The number of carbonyl (C=O) groups is 1. The van der Waals surface area contributed by atoms with Crippen molar-refractivity contribution in [3.63, 3.8) is 0 Å². The number of aliphatic hydroxyl groups excluding tert-OH is 1. The van der Waals surface area contributed by atoms with Crippen molar-refractivity contribution >= 4 is 5.91 Å². The monoisotopic (exact) mass is 240 g/mol. The third-order valence-electron chi connectivity index (χ3n) is 2.85. The Balaban J connectivity index is 2.71. The predicted molar refractivity (Wildman–Crippen MR) is 64.7 cm³/mol. The molecule has 0 saturated heterocycles. The molecule has 6 nitrogen and oxygen atoms in total. The van der Waals surface area contributed by atoms with Crippen LogP contribution < -0.4 is 11.1 Å². The van der Waals surface area contributed by atoms with E-state index in [1.807, 2.05) is 6.92 Å². The summed E-state index contributed by atoms with van der Waals surface area (Å²) in [5.41, 5.74) is 7.71. The number of nitrogens with two attached hydrogens (primary N) is 1. The second-order valence-electron chi connectivity index (χ2n) is 4.28. The molecule has 1 amide bonds. The lowest BCUT2D eigenvalue weighted by Crippen LogP contribution is -2.43. The van der Waals surface area contributed by atoms with Crippen molar-refractivity contribution < 1.29 is 9.90 Å². The first-order chi connectivity index (χ1) is 7.84. The summed E-state index contributed by atoms with van der Waals surface area (Å²) in [5.74, 6) is -0.204. The Morgan fingerprint density at radius 1 is 1.59 bits per heavy atom. The number of amides is 1. The molecule has 0 saturated carbocycles. The van der Waals surface area contributed by atoms with Crippen molar-refractivity contribution in [2.45, 2.75) is 32.9 Å². The van der Waals surface area contributed by atoms with Gasteiger partial charge in [0.05, 0.1) is 17.4 Å². The van der Waals surface area contributed by atoms with Gasteiger partial charge in [-0.15, -0.1) is 0 Å². The van der Waals surface area contributed by atoms with Gasteiger partial charge in [0.25, 0.3) is 5.91 Å². The fourth-order valence-corrected chi connectivity index (χ4v) is 1.57. The number of nitrogens with one attached hydrogen (secondary N) is 1. The molecule has 0 radical (unpaired) electrons. The number of aryl methyl sites for hydroxylation is 2. The molecule has 0 spiro atoms. The fourth-order valence-electron chi connectivity index (χ4n) is 1.57. The minimum atomic E-state index is -0.647. The van der Waals surface area contributed by atoms with Crippen molar-refractivity contribution in [2.24, 2.45) is 12.8 Å². The van der Waals surface area contributed by atoms with Crippen LogP contribution in [0, 0.1) is 13.8 Å². The van der Waals surface area contributed by atoms with E-state index in [2.05, 4.69) is 10.4 Å². The average molecular weight is 240 g/mol. The predicted octanol–water partition coefficient (Wildman–Crippen LogP) is -0.525.